The van der Waals surface area contributed by atoms with Gasteiger partial charge >= 0.3 is 10.2 Å². The lowest BCUT2D eigenvalue weighted by molar-refractivity contribution is -0.117. The Balaban J connectivity index is 2.18. The lowest BCUT2D eigenvalue weighted by Gasteiger charge is -2.18. The van der Waals surface area contributed by atoms with Crippen molar-refractivity contribution in [3.63, 3.8) is 0 Å². The molecule has 0 saturated carbocycles. The van der Waals surface area contributed by atoms with Crippen molar-refractivity contribution in [3.8, 4) is 0 Å². The SMILES string of the molecule is Cc1cnccc1N1CC(CS(=O)(=O)F)CC1=O. The van der Waals surface area contributed by atoms with Gasteiger partial charge in [-0.25, -0.2) is 0 Å². The minimum absolute atomic E-state index is 0.0604. The van der Waals surface area contributed by atoms with E-state index in [0.29, 0.717) is 5.69 Å². The lowest BCUT2D eigenvalue weighted by Crippen LogP contribution is -2.26. The number of aryl methyl sites for hydroxylation is 1. The minimum Gasteiger partial charge on any atom is -0.312 e. The molecule has 0 radical (unpaired) electrons. The second-order valence-electron chi connectivity index (χ2n) is 4.44. The summed E-state index contributed by atoms with van der Waals surface area (Å²) in [5.74, 6) is -1.27. The second-order valence-corrected chi connectivity index (χ2v) is 5.85. The average Bonchev–Trinajstić information content (AvgIpc) is 2.57. The van der Waals surface area contributed by atoms with Gasteiger partial charge in [0.15, 0.2) is 0 Å². The number of hydrogen-bond donors (Lipinski definition) is 0. The van der Waals surface area contributed by atoms with Gasteiger partial charge in [0, 0.05) is 37.0 Å². The van der Waals surface area contributed by atoms with Crippen molar-refractivity contribution in [1.29, 1.82) is 0 Å². The minimum atomic E-state index is -4.54. The summed E-state index contributed by atoms with van der Waals surface area (Å²) in [6.45, 7) is 2.04. The van der Waals surface area contributed by atoms with Crippen molar-refractivity contribution in [2.24, 2.45) is 5.92 Å². The summed E-state index contributed by atoms with van der Waals surface area (Å²) in [6.07, 6.45) is 3.25. The fourth-order valence-electron chi connectivity index (χ4n) is 2.18. The van der Waals surface area contributed by atoms with Crippen LogP contribution in [0.25, 0.3) is 0 Å². The van der Waals surface area contributed by atoms with Gasteiger partial charge in [0.2, 0.25) is 5.91 Å². The van der Waals surface area contributed by atoms with Gasteiger partial charge in [-0.05, 0) is 18.6 Å². The summed E-state index contributed by atoms with van der Waals surface area (Å²) >= 11 is 0. The van der Waals surface area contributed by atoms with Crippen LogP contribution in [-0.2, 0) is 15.0 Å². The molecule has 1 unspecified atom stereocenters. The number of amides is 1. The highest BCUT2D eigenvalue weighted by molar-refractivity contribution is 7.86. The highest BCUT2D eigenvalue weighted by Gasteiger charge is 2.34. The predicted molar refractivity (Wildman–Crippen MR) is 64.3 cm³/mol. The smallest absolute Gasteiger partial charge is 0.302 e. The van der Waals surface area contributed by atoms with Crippen molar-refractivity contribution in [3.05, 3.63) is 24.0 Å². The van der Waals surface area contributed by atoms with E-state index < -0.39 is 21.9 Å². The average molecular weight is 272 g/mol. The Kier molecular flexibility index (Phi) is 3.34. The molecule has 1 aromatic heterocycles. The molecule has 2 heterocycles. The maximum atomic E-state index is 12.6. The van der Waals surface area contributed by atoms with Crippen LogP contribution in [0.3, 0.4) is 0 Å². The first-order chi connectivity index (χ1) is 8.37. The van der Waals surface area contributed by atoms with Crippen LogP contribution in [0.5, 0.6) is 0 Å². The third kappa shape index (κ3) is 2.84. The molecule has 98 valence electrons. The molecule has 1 aliphatic rings. The van der Waals surface area contributed by atoms with Gasteiger partial charge in [-0.15, -0.1) is 3.89 Å². The third-order valence-corrected chi connectivity index (χ3v) is 3.79. The van der Waals surface area contributed by atoms with Crippen LogP contribution >= 0.6 is 0 Å². The molecule has 0 aliphatic carbocycles. The standard InChI is InChI=1S/C11H13FN2O3S/c1-8-5-13-3-2-10(8)14-6-9(4-11(14)15)7-18(12,16)17/h2-3,5,9H,4,6-7H2,1H3. The van der Waals surface area contributed by atoms with E-state index in [4.69, 9.17) is 0 Å². The number of aromatic nitrogens is 1. The number of anilines is 1. The van der Waals surface area contributed by atoms with E-state index in [9.17, 15) is 17.1 Å². The van der Waals surface area contributed by atoms with Crippen LogP contribution in [0.2, 0.25) is 0 Å². The molecular formula is C11H13FN2O3S. The Morgan fingerprint density at radius 1 is 1.56 bits per heavy atom. The van der Waals surface area contributed by atoms with Crippen molar-refractivity contribution in [1.82, 2.24) is 4.98 Å². The van der Waals surface area contributed by atoms with E-state index >= 15 is 0 Å². The molecule has 5 nitrogen and oxygen atoms in total. The molecule has 1 fully saturated rings. The second kappa shape index (κ2) is 4.64. The van der Waals surface area contributed by atoms with Gasteiger partial charge in [0.25, 0.3) is 0 Å². The van der Waals surface area contributed by atoms with Gasteiger partial charge in [-0.1, -0.05) is 0 Å². The van der Waals surface area contributed by atoms with Crippen molar-refractivity contribution >= 4 is 21.8 Å². The summed E-state index contributed by atoms with van der Waals surface area (Å²) in [4.78, 5) is 17.2. The number of rotatable bonds is 3. The van der Waals surface area contributed by atoms with Crippen molar-refractivity contribution in [2.75, 3.05) is 17.2 Å². The lowest BCUT2D eigenvalue weighted by atomic mass is 10.1. The van der Waals surface area contributed by atoms with Gasteiger partial charge in [-0.2, -0.15) is 8.42 Å². The van der Waals surface area contributed by atoms with Crippen LogP contribution < -0.4 is 4.90 Å². The number of carbonyl (C=O) groups excluding carboxylic acids is 1. The third-order valence-electron chi connectivity index (χ3n) is 2.92. The van der Waals surface area contributed by atoms with Crippen LogP contribution in [0.15, 0.2) is 18.5 Å². The predicted octanol–water partition coefficient (Wildman–Crippen LogP) is 1.04. The quantitative estimate of drug-likeness (QED) is 0.771. The Morgan fingerprint density at radius 2 is 2.28 bits per heavy atom. The van der Waals surface area contributed by atoms with Gasteiger partial charge in [0.05, 0.1) is 5.75 Å². The van der Waals surface area contributed by atoms with Crippen LogP contribution in [0, 0.1) is 12.8 Å². The normalized spacial score (nSPS) is 20.4. The first kappa shape index (κ1) is 12.9. The van der Waals surface area contributed by atoms with E-state index in [1.54, 1.807) is 18.5 Å². The van der Waals surface area contributed by atoms with Gasteiger partial charge in [0.1, 0.15) is 0 Å². The summed E-state index contributed by atoms with van der Waals surface area (Å²) in [5.41, 5.74) is 1.53. The molecule has 0 aromatic carbocycles. The Hall–Kier alpha value is -1.50. The first-order valence-electron chi connectivity index (χ1n) is 5.50. The van der Waals surface area contributed by atoms with E-state index in [-0.39, 0.29) is 18.9 Å². The first-order valence-corrected chi connectivity index (χ1v) is 7.05. The fourth-order valence-corrected chi connectivity index (χ4v) is 2.96. The topological polar surface area (TPSA) is 67.3 Å². The molecule has 1 saturated heterocycles. The fraction of sp³-hybridized carbons (Fsp3) is 0.455. The molecule has 1 aliphatic heterocycles. The summed E-state index contributed by atoms with van der Waals surface area (Å²) in [7, 11) is -4.54. The molecular weight excluding hydrogens is 259 g/mol. The van der Waals surface area contributed by atoms with E-state index in [1.165, 1.54) is 4.90 Å². The van der Waals surface area contributed by atoms with E-state index in [0.717, 1.165) is 5.56 Å². The van der Waals surface area contributed by atoms with Gasteiger partial charge in [-0.3, -0.25) is 9.78 Å². The monoisotopic (exact) mass is 272 g/mol. The maximum Gasteiger partial charge on any atom is 0.302 e. The molecule has 0 spiro atoms. The Labute approximate surface area is 105 Å². The molecule has 0 bridgehead atoms. The molecule has 1 aromatic rings. The molecule has 18 heavy (non-hydrogen) atoms. The summed E-state index contributed by atoms with van der Waals surface area (Å²) < 4.78 is 33.8. The Morgan fingerprint density at radius 3 is 2.89 bits per heavy atom. The molecule has 7 heteroatoms. The van der Waals surface area contributed by atoms with Gasteiger partial charge < -0.3 is 4.90 Å². The number of hydrogen-bond acceptors (Lipinski definition) is 4. The van der Waals surface area contributed by atoms with E-state index in [2.05, 4.69) is 4.98 Å². The molecule has 1 atom stereocenters. The highest BCUT2D eigenvalue weighted by Crippen LogP contribution is 2.27. The number of halogens is 1. The number of nitrogens with zero attached hydrogens (tertiary/aromatic N) is 2. The number of pyridine rings is 1. The zero-order valence-electron chi connectivity index (χ0n) is 9.84. The zero-order valence-corrected chi connectivity index (χ0v) is 10.7. The maximum absolute atomic E-state index is 12.6. The van der Waals surface area contributed by atoms with Crippen LogP contribution in [0.4, 0.5) is 9.57 Å². The summed E-state index contributed by atoms with van der Waals surface area (Å²) in [5, 5.41) is 0. The van der Waals surface area contributed by atoms with Crippen LogP contribution in [-0.4, -0.2) is 31.6 Å². The largest absolute Gasteiger partial charge is 0.312 e. The van der Waals surface area contributed by atoms with Crippen molar-refractivity contribution < 1.29 is 17.1 Å². The van der Waals surface area contributed by atoms with Crippen LogP contribution in [0.1, 0.15) is 12.0 Å². The molecule has 2 rings (SSSR count). The molecule has 0 N–H and O–H groups in total. The van der Waals surface area contributed by atoms with Crippen molar-refractivity contribution in [2.45, 2.75) is 13.3 Å². The highest BCUT2D eigenvalue weighted by atomic mass is 32.3. The summed E-state index contributed by atoms with van der Waals surface area (Å²) in [6, 6.07) is 1.69. The van der Waals surface area contributed by atoms with E-state index in [1.807, 2.05) is 6.92 Å². The Bertz CT molecular complexity index is 573. The number of carbonyl (C=O) groups is 1. The molecule has 1 amide bonds. The zero-order chi connectivity index (χ0) is 13.3.